The van der Waals surface area contributed by atoms with E-state index in [-0.39, 0.29) is 12.2 Å². The Morgan fingerprint density at radius 2 is 1.12 bits per heavy atom. The number of halogens is 7. The topological polar surface area (TPSA) is 18.5 Å². The van der Waals surface area contributed by atoms with E-state index < -0.39 is 42.0 Å². The summed E-state index contributed by atoms with van der Waals surface area (Å²) in [5.74, 6) is -0.344. The first-order valence-electron chi connectivity index (χ1n) is 13.5. The monoisotopic (exact) mass is 588 g/mol. The van der Waals surface area contributed by atoms with Gasteiger partial charge in [-0.15, -0.1) is 0 Å². The van der Waals surface area contributed by atoms with Crippen molar-refractivity contribution >= 4 is 0 Å². The lowest BCUT2D eigenvalue weighted by Crippen LogP contribution is -2.25. The van der Waals surface area contributed by atoms with E-state index in [0.29, 0.717) is 27.8 Å². The third-order valence-electron chi connectivity index (χ3n) is 7.29. The molecule has 2 unspecified atom stereocenters. The molecular weight excluding hydrogens is 561 g/mol. The van der Waals surface area contributed by atoms with Gasteiger partial charge in [-0.1, -0.05) is 74.0 Å². The molecule has 0 bridgehead atoms. The van der Waals surface area contributed by atoms with Crippen LogP contribution in [-0.4, -0.2) is 0 Å². The predicted molar refractivity (Wildman–Crippen MR) is 144 cm³/mol. The molecule has 0 aliphatic carbocycles. The first kappa shape index (κ1) is 29.8. The van der Waals surface area contributed by atoms with Crippen molar-refractivity contribution in [2.75, 3.05) is 0 Å². The molecule has 0 saturated carbocycles. The quantitative estimate of drug-likeness (QED) is 0.209. The van der Waals surface area contributed by atoms with Gasteiger partial charge < -0.3 is 9.47 Å². The van der Waals surface area contributed by atoms with Gasteiger partial charge in [-0.05, 0) is 59.0 Å². The second-order valence-corrected chi connectivity index (χ2v) is 10.2. The number of aryl methyl sites for hydroxylation is 1. The molecule has 0 aromatic heterocycles. The molecule has 1 fully saturated rings. The summed E-state index contributed by atoms with van der Waals surface area (Å²) in [4.78, 5) is 0. The molecule has 5 rings (SSSR count). The van der Waals surface area contributed by atoms with Crippen molar-refractivity contribution in [3.05, 3.63) is 130 Å². The molecule has 4 aromatic carbocycles. The van der Waals surface area contributed by atoms with Gasteiger partial charge in [-0.25, -0.2) is 4.39 Å². The maximum absolute atomic E-state index is 14.8. The zero-order chi connectivity index (χ0) is 30.1. The van der Waals surface area contributed by atoms with Gasteiger partial charge in [0.2, 0.25) is 0 Å². The summed E-state index contributed by atoms with van der Waals surface area (Å²) >= 11 is 0. The third-order valence-corrected chi connectivity index (χ3v) is 7.29. The summed E-state index contributed by atoms with van der Waals surface area (Å²) < 4.78 is 106. The summed E-state index contributed by atoms with van der Waals surface area (Å²) in [7, 11) is 0. The lowest BCUT2D eigenvalue weighted by molar-refractivity contribution is -0.253. The van der Waals surface area contributed by atoms with Gasteiger partial charge >= 0.3 is 12.4 Å². The van der Waals surface area contributed by atoms with Crippen molar-refractivity contribution in [3.8, 4) is 11.1 Å². The second-order valence-electron chi connectivity index (χ2n) is 10.2. The van der Waals surface area contributed by atoms with Gasteiger partial charge in [0.25, 0.3) is 0 Å². The molecule has 42 heavy (non-hydrogen) atoms. The van der Waals surface area contributed by atoms with Crippen LogP contribution in [0.5, 0.6) is 0 Å². The van der Waals surface area contributed by atoms with E-state index in [1.807, 2.05) is 13.0 Å². The summed E-state index contributed by atoms with van der Waals surface area (Å²) in [6.07, 6.45) is -9.56. The minimum absolute atomic E-state index is 0.167. The van der Waals surface area contributed by atoms with E-state index in [0.717, 1.165) is 42.7 Å². The van der Waals surface area contributed by atoms with E-state index in [2.05, 4.69) is 0 Å². The van der Waals surface area contributed by atoms with Gasteiger partial charge in [0.15, 0.2) is 6.29 Å². The molecule has 0 radical (unpaired) electrons. The number of alkyl halides is 6. The predicted octanol–water partition coefficient (Wildman–Crippen LogP) is 10.4. The van der Waals surface area contributed by atoms with E-state index in [1.54, 1.807) is 30.3 Å². The van der Waals surface area contributed by atoms with Crippen LogP contribution in [0.4, 0.5) is 30.7 Å². The zero-order valence-electron chi connectivity index (χ0n) is 22.5. The van der Waals surface area contributed by atoms with Crippen LogP contribution in [0, 0.1) is 5.82 Å². The summed E-state index contributed by atoms with van der Waals surface area (Å²) in [6, 6.07) is 21.1. The number of ether oxygens (including phenoxy) is 2. The lowest BCUT2D eigenvalue weighted by atomic mass is 9.95. The Morgan fingerprint density at radius 3 is 1.55 bits per heavy atom. The van der Waals surface area contributed by atoms with E-state index in [4.69, 9.17) is 9.47 Å². The highest BCUT2D eigenvalue weighted by molar-refractivity contribution is 5.65. The lowest BCUT2D eigenvalue weighted by Gasteiger charge is -2.36. The average Bonchev–Trinajstić information content (AvgIpc) is 2.97. The number of hydrogen-bond donors (Lipinski definition) is 0. The molecule has 1 aliphatic heterocycles. The molecule has 1 saturated heterocycles. The minimum Gasteiger partial charge on any atom is -0.340 e. The average molecular weight is 589 g/mol. The Bertz CT molecular complexity index is 1430. The largest absolute Gasteiger partial charge is 0.416 e. The molecule has 220 valence electrons. The Labute approximate surface area is 238 Å². The molecule has 2 nitrogen and oxygen atoms in total. The van der Waals surface area contributed by atoms with Crippen LogP contribution in [0.25, 0.3) is 11.1 Å². The van der Waals surface area contributed by atoms with Gasteiger partial charge in [-0.2, -0.15) is 26.3 Å². The fourth-order valence-corrected chi connectivity index (χ4v) is 5.05. The highest BCUT2D eigenvalue weighted by Crippen LogP contribution is 2.45. The molecule has 0 spiro atoms. The maximum Gasteiger partial charge on any atom is 0.416 e. The Morgan fingerprint density at radius 1 is 0.643 bits per heavy atom. The van der Waals surface area contributed by atoms with Gasteiger partial charge in [0.1, 0.15) is 5.82 Å². The molecule has 1 aliphatic rings. The fraction of sp³-hybridized carbons (Fsp3) is 0.273. The van der Waals surface area contributed by atoms with Crippen LogP contribution in [0.1, 0.15) is 71.6 Å². The third kappa shape index (κ3) is 6.68. The van der Waals surface area contributed by atoms with Crippen LogP contribution in [0.3, 0.4) is 0 Å². The van der Waals surface area contributed by atoms with Crippen LogP contribution in [0.15, 0.2) is 91.0 Å². The second kappa shape index (κ2) is 11.9. The number of hydrogen-bond acceptors (Lipinski definition) is 2. The molecule has 2 atom stereocenters. The Kier molecular flexibility index (Phi) is 8.44. The van der Waals surface area contributed by atoms with Crippen LogP contribution in [-0.2, 0) is 28.2 Å². The van der Waals surface area contributed by atoms with Crippen molar-refractivity contribution < 1.29 is 40.2 Å². The number of benzene rings is 4. The smallest absolute Gasteiger partial charge is 0.340 e. The summed E-state index contributed by atoms with van der Waals surface area (Å²) in [5.41, 5.74) is 1.86. The van der Waals surface area contributed by atoms with Crippen LogP contribution < -0.4 is 0 Å². The molecule has 9 heteroatoms. The molecular formula is C33H27F7O2. The van der Waals surface area contributed by atoms with E-state index in [1.165, 1.54) is 30.3 Å². The minimum atomic E-state index is -4.50. The van der Waals surface area contributed by atoms with E-state index >= 15 is 0 Å². The van der Waals surface area contributed by atoms with Crippen LogP contribution in [0.2, 0.25) is 0 Å². The Balaban J connectivity index is 1.43. The highest BCUT2D eigenvalue weighted by Gasteiger charge is 2.36. The summed E-state index contributed by atoms with van der Waals surface area (Å²) in [5, 5.41) is 0. The van der Waals surface area contributed by atoms with E-state index in [9.17, 15) is 30.7 Å². The van der Waals surface area contributed by atoms with Crippen molar-refractivity contribution in [3.63, 3.8) is 0 Å². The first-order chi connectivity index (χ1) is 19.9. The SMILES string of the molecule is CCCc1ccc(-c2ccc(C3OC(c4ccc(C(F)(F)F)cc4)CC(c4ccc(C(F)(F)F)cc4)O3)cc2)c(F)c1. The van der Waals surface area contributed by atoms with Crippen molar-refractivity contribution in [1.82, 2.24) is 0 Å². The zero-order valence-corrected chi connectivity index (χ0v) is 22.5. The molecule has 1 heterocycles. The maximum atomic E-state index is 14.8. The number of rotatable bonds is 6. The van der Waals surface area contributed by atoms with Crippen molar-refractivity contribution in [1.29, 1.82) is 0 Å². The molecule has 0 amide bonds. The van der Waals surface area contributed by atoms with Gasteiger partial charge in [-0.3, -0.25) is 0 Å². The highest BCUT2D eigenvalue weighted by atomic mass is 19.4. The standard InChI is InChI=1S/C33H27F7O2/c1-2-3-20-4-17-27(28(34)18-20)21-5-7-24(8-6-21)31-41-29(22-9-13-25(14-10-22)32(35,36)37)19-30(42-31)23-11-15-26(16-12-23)33(38,39)40/h4-18,29-31H,2-3,19H2,1H3. The normalized spacial score (nSPS) is 19.6. The first-order valence-corrected chi connectivity index (χ1v) is 13.5. The van der Waals surface area contributed by atoms with Crippen LogP contribution >= 0.6 is 0 Å². The van der Waals surface area contributed by atoms with Gasteiger partial charge in [0.05, 0.1) is 23.3 Å². The van der Waals surface area contributed by atoms with Crippen molar-refractivity contribution in [2.45, 2.75) is 57.0 Å². The van der Waals surface area contributed by atoms with Crippen molar-refractivity contribution in [2.24, 2.45) is 0 Å². The Hall–Kier alpha value is -3.69. The summed E-state index contributed by atoms with van der Waals surface area (Å²) in [6.45, 7) is 2.02. The molecule has 4 aromatic rings. The fourth-order valence-electron chi connectivity index (χ4n) is 5.05. The van der Waals surface area contributed by atoms with Gasteiger partial charge in [0, 0.05) is 17.5 Å². The molecule has 0 N–H and O–H groups in total.